The Labute approximate surface area is 134 Å². The zero-order chi connectivity index (χ0) is 13.4. The van der Waals surface area contributed by atoms with Gasteiger partial charge in [-0.3, -0.25) is 4.98 Å². The SMILES string of the molecule is Cc1cc(N2CCNCC2)c2c(Cl)ccc(Cl)c2n1.Cl. The zero-order valence-corrected chi connectivity index (χ0v) is 13.4. The molecule has 0 amide bonds. The summed E-state index contributed by atoms with van der Waals surface area (Å²) in [7, 11) is 0. The van der Waals surface area contributed by atoms with Gasteiger partial charge in [0.05, 0.1) is 15.6 Å². The van der Waals surface area contributed by atoms with Gasteiger partial charge in [-0.1, -0.05) is 23.2 Å². The van der Waals surface area contributed by atoms with Crippen molar-refractivity contribution >= 4 is 52.2 Å². The van der Waals surface area contributed by atoms with Crippen molar-refractivity contribution in [1.82, 2.24) is 10.3 Å². The molecule has 108 valence electrons. The Bertz CT molecular complexity index is 625. The molecular formula is C14H16Cl3N3. The van der Waals surface area contributed by atoms with Crippen LogP contribution in [0.2, 0.25) is 10.0 Å². The Morgan fingerprint density at radius 2 is 1.80 bits per heavy atom. The summed E-state index contributed by atoms with van der Waals surface area (Å²) in [5.41, 5.74) is 2.89. The largest absolute Gasteiger partial charge is 0.368 e. The van der Waals surface area contributed by atoms with E-state index in [4.69, 9.17) is 23.2 Å². The Hall–Kier alpha value is -0.740. The number of hydrogen-bond acceptors (Lipinski definition) is 3. The summed E-state index contributed by atoms with van der Waals surface area (Å²) in [5, 5.41) is 5.68. The van der Waals surface area contributed by atoms with E-state index in [-0.39, 0.29) is 12.4 Å². The molecule has 1 aliphatic rings. The molecule has 1 aromatic carbocycles. The lowest BCUT2D eigenvalue weighted by Crippen LogP contribution is -2.43. The van der Waals surface area contributed by atoms with E-state index in [1.54, 1.807) is 6.07 Å². The summed E-state index contributed by atoms with van der Waals surface area (Å²) in [4.78, 5) is 6.88. The van der Waals surface area contributed by atoms with Crippen LogP contribution in [0.3, 0.4) is 0 Å². The number of aromatic nitrogens is 1. The molecule has 0 radical (unpaired) electrons. The second-order valence-corrected chi connectivity index (χ2v) is 5.59. The maximum Gasteiger partial charge on any atom is 0.0927 e. The first-order chi connectivity index (χ1) is 9.16. The van der Waals surface area contributed by atoms with E-state index in [9.17, 15) is 0 Å². The summed E-state index contributed by atoms with van der Waals surface area (Å²) >= 11 is 12.6. The summed E-state index contributed by atoms with van der Waals surface area (Å²) in [6, 6.07) is 5.74. The highest BCUT2D eigenvalue weighted by Crippen LogP contribution is 2.36. The average Bonchev–Trinajstić information content (AvgIpc) is 2.43. The van der Waals surface area contributed by atoms with Crippen LogP contribution in [0.1, 0.15) is 5.69 Å². The number of halogens is 3. The summed E-state index contributed by atoms with van der Waals surface area (Å²) in [5.74, 6) is 0. The fourth-order valence-electron chi connectivity index (χ4n) is 2.53. The number of nitrogens with one attached hydrogen (secondary N) is 1. The second-order valence-electron chi connectivity index (χ2n) is 4.77. The van der Waals surface area contributed by atoms with E-state index >= 15 is 0 Å². The van der Waals surface area contributed by atoms with Crippen LogP contribution in [0.5, 0.6) is 0 Å². The molecule has 0 bridgehead atoms. The Morgan fingerprint density at radius 1 is 1.15 bits per heavy atom. The van der Waals surface area contributed by atoms with Crippen molar-refractivity contribution in [2.75, 3.05) is 31.1 Å². The van der Waals surface area contributed by atoms with Crippen LogP contribution in [0, 0.1) is 6.92 Å². The van der Waals surface area contributed by atoms with E-state index in [1.165, 1.54) is 0 Å². The molecule has 3 nitrogen and oxygen atoms in total. The molecule has 0 unspecified atom stereocenters. The van der Waals surface area contributed by atoms with Crippen molar-refractivity contribution in [1.29, 1.82) is 0 Å². The van der Waals surface area contributed by atoms with Gasteiger partial charge < -0.3 is 10.2 Å². The van der Waals surface area contributed by atoms with Crippen LogP contribution in [-0.4, -0.2) is 31.2 Å². The van der Waals surface area contributed by atoms with Gasteiger partial charge in [0.15, 0.2) is 0 Å². The fourth-order valence-corrected chi connectivity index (χ4v) is 2.98. The highest BCUT2D eigenvalue weighted by atomic mass is 35.5. The normalized spacial score (nSPS) is 15.2. The van der Waals surface area contributed by atoms with Gasteiger partial charge >= 0.3 is 0 Å². The molecule has 1 N–H and O–H groups in total. The Kier molecular flexibility index (Phi) is 4.97. The first kappa shape index (κ1) is 15.6. The lowest BCUT2D eigenvalue weighted by atomic mass is 10.1. The minimum atomic E-state index is 0. The van der Waals surface area contributed by atoms with Crippen molar-refractivity contribution in [3.63, 3.8) is 0 Å². The van der Waals surface area contributed by atoms with Crippen molar-refractivity contribution in [2.45, 2.75) is 6.92 Å². The third-order valence-electron chi connectivity index (χ3n) is 3.43. The van der Waals surface area contributed by atoms with E-state index in [0.29, 0.717) is 10.0 Å². The van der Waals surface area contributed by atoms with Gasteiger partial charge in [-0.05, 0) is 25.1 Å². The van der Waals surface area contributed by atoms with Crippen molar-refractivity contribution < 1.29 is 0 Å². The Morgan fingerprint density at radius 3 is 2.50 bits per heavy atom. The van der Waals surface area contributed by atoms with Crippen LogP contribution < -0.4 is 10.2 Å². The molecule has 1 aliphatic heterocycles. The number of hydrogen-bond donors (Lipinski definition) is 1. The molecule has 0 saturated carbocycles. The third kappa shape index (κ3) is 2.82. The number of fused-ring (bicyclic) bond motifs is 1. The number of piperazine rings is 1. The molecule has 3 rings (SSSR count). The number of rotatable bonds is 1. The number of aryl methyl sites for hydroxylation is 1. The smallest absolute Gasteiger partial charge is 0.0927 e. The van der Waals surface area contributed by atoms with E-state index in [0.717, 1.165) is 48.5 Å². The summed E-state index contributed by atoms with van der Waals surface area (Å²) in [6.45, 7) is 5.91. The Balaban J connectivity index is 0.00000147. The lowest BCUT2D eigenvalue weighted by Gasteiger charge is -2.30. The van der Waals surface area contributed by atoms with Crippen LogP contribution in [0.15, 0.2) is 18.2 Å². The van der Waals surface area contributed by atoms with Crippen molar-refractivity contribution in [3.05, 3.63) is 33.9 Å². The predicted octanol–water partition coefficient (Wildman–Crippen LogP) is 3.68. The predicted molar refractivity (Wildman–Crippen MR) is 88.8 cm³/mol. The monoisotopic (exact) mass is 331 g/mol. The molecule has 2 aromatic rings. The minimum absolute atomic E-state index is 0. The minimum Gasteiger partial charge on any atom is -0.368 e. The number of benzene rings is 1. The number of nitrogens with zero attached hydrogens (tertiary/aromatic N) is 2. The zero-order valence-electron chi connectivity index (χ0n) is 11.1. The average molecular weight is 333 g/mol. The van der Waals surface area contributed by atoms with Crippen LogP contribution in [-0.2, 0) is 0 Å². The van der Waals surface area contributed by atoms with Crippen molar-refractivity contribution in [3.8, 4) is 0 Å². The van der Waals surface area contributed by atoms with Gasteiger partial charge in [0, 0.05) is 42.9 Å². The van der Waals surface area contributed by atoms with Crippen LogP contribution in [0.4, 0.5) is 5.69 Å². The number of pyridine rings is 1. The third-order valence-corrected chi connectivity index (χ3v) is 4.05. The first-order valence-corrected chi connectivity index (χ1v) is 7.13. The summed E-state index contributed by atoms with van der Waals surface area (Å²) in [6.07, 6.45) is 0. The van der Waals surface area contributed by atoms with E-state index in [2.05, 4.69) is 21.3 Å². The van der Waals surface area contributed by atoms with Gasteiger partial charge in [0.2, 0.25) is 0 Å². The molecule has 0 atom stereocenters. The van der Waals surface area contributed by atoms with Gasteiger partial charge in [0.1, 0.15) is 0 Å². The molecule has 1 aromatic heterocycles. The molecule has 0 aliphatic carbocycles. The maximum absolute atomic E-state index is 6.36. The van der Waals surface area contributed by atoms with Gasteiger partial charge in [-0.2, -0.15) is 0 Å². The summed E-state index contributed by atoms with van der Waals surface area (Å²) < 4.78 is 0. The highest BCUT2D eigenvalue weighted by Gasteiger charge is 2.17. The van der Waals surface area contributed by atoms with E-state index in [1.807, 2.05) is 13.0 Å². The maximum atomic E-state index is 6.36. The molecule has 1 fully saturated rings. The first-order valence-electron chi connectivity index (χ1n) is 6.38. The molecule has 6 heteroatoms. The van der Waals surface area contributed by atoms with Gasteiger partial charge in [0.25, 0.3) is 0 Å². The standard InChI is InChI=1S/C14H15Cl2N3.ClH/c1-9-8-12(19-6-4-17-5-7-19)13-10(15)2-3-11(16)14(13)18-9;/h2-3,8,17H,4-7H2,1H3;1H. The topological polar surface area (TPSA) is 28.2 Å². The van der Waals surface area contributed by atoms with Crippen LogP contribution in [0.25, 0.3) is 10.9 Å². The molecular weight excluding hydrogens is 317 g/mol. The van der Waals surface area contributed by atoms with Gasteiger partial charge in [-0.25, -0.2) is 0 Å². The highest BCUT2D eigenvalue weighted by molar-refractivity contribution is 6.40. The number of anilines is 1. The van der Waals surface area contributed by atoms with Gasteiger partial charge in [-0.15, -0.1) is 12.4 Å². The van der Waals surface area contributed by atoms with Crippen LogP contribution >= 0.6 is 35.6 Å². The van der Waals surface area contributed by atoms with Crippen molar-refractivity contribution in [2.24, 2.45) is 0 Å². The lowest BCUT2D eigenvalue weighted by molar-refractivity contribution is 0.590. The quantitative estimate of drug-likeness (QED) is 0.863. The van der Waals surface area contributed by atoms with E-state index < -0.39 is 0 Å². The second kappa shape index (κ2) is 6.35. The molecule has 0 spiro atoms. The molecule has 20 heavy (non-hydrogen) atoms. The fraction of sp³-hybridized carbons (Fsp3) is 0.357. The molecule has 2 heterocycles. The molecule has 1 saturated heterocycles.